The van der Waals surface area contributed by atoms with Gasteiger partial charge in [0.2, 0.25) is 0 Å². The molecule has 2 saturated heterocycles. The zero-order valence-electron chi connectivity index (χ0n) is 10.3. The van der Waals surface area contributed by atoms with E-state index in [1.807, 2.05) is 6.07 Å². The van der Waals surface area contributed by atoms with Crippen molar-refractivity contribution >= 4 is 5.82 Å². The fourth-order valence-electron chi connectivity index (χ4n) is 2.91. The van der Waals surface area contributed by atoms with Gasteiger partial charge in [0.15, 0.2) is 0 Å². The fourth-order valence-corrected chi connectivity index (χ4v) is 2.91. The molecule has 98 valence electrons. The van der Waals surface area contributed by atoms with Crippen LogP contribution < -0.4 is 5.73 Å². The molecule has 3 rings (SSSR count). The summed E-state index contributed by atoms with van der Waals surface area (Å²) in [5.41, 5.74) is 6.46. The maximum atomic E-state index is 10.4. The van der Waals surface area contributed by atoms with Crippen LogP contribution >= 0.6 is 0 Å². The van der Waals surface area contributed by atoms with Crippen molar-refractivity contribution in [2.45, 2.75) is 31.1 Å². The number of nitrogens with zero attached hydrogens (tertiary/aromatic N) is 2. The molecular weight excluding hydrogens is 230 g/mol. The molecule has 0 saturated carbocycles. The van der Waals surface area contributed by atoms with E-state index in [1.54, 1.807) is 12.3 Å². The Kier molecular flexibility index (Phi) is 3.20. The Bertz CT molecular complexity index is 426. The van der Waals surface area contributed by atoms with E-state index in [1.165, 1.54) is 12.8 Å². The second kappa shape index (κ2) is 4.84. The third-order valence-corrected chi connectivity index (χ3v) is 3.96. The number of hydrogen-bond acceptors (Lipinski definition) is 5. The second-order valence-corrected chi connectivity index (χ2v) is 5.09. The molecule has 0 spiro atoms. The van der Waals surface area contributed by atoms with Gasteiger partial charge in [-0.1, -0.05) is 6.07 Å². The molecule has 5 nitrogen and oxygen atoms in total. The zero-order valence-corrected chi connectivity index (χ0v) is 10.3. The van der Waals surface area contributed by atoms with Crippen molar-refractivity contribution in [1.82, 2.24) is 9.88 Å². The van der Waals surface area contributed by atoms with Crippen molar-refractivity contribution in [3.05, 3.63) is 23.9 Å². The van der Waals surface area contributed by atoms with Crippen LogP contribution in [-0.2, 0) is 4.74 Å². The van der Waals surface area contributed by atoms with E-state index in [9.17, 15) is 5.11 Å². The number of anilines is 1. The first-order valence-electron chi connectivity index (χ1n) is 6.50. The first kappa shape index (κ1) is 11.9. The molecule has 2 aliphatic rings. The van der Waals surface area contributed by atoms with Crippen molar-refractivity contribution in [2.24, 2.45) is 0 Å². The van der Waals surface area contributed by atoms with Gasteiger partial charge in [-0.3, -0.25) is 4.90 Å². The summed E-state index contributed by atoms with van der Waals surface area (Å²) in [7, 11) is 0. The number of rotatable bonds is 2. The Labute approximate surface area is 107 Å². The maximum Gasteiger partial charge on any atom is 0.129 e. The van der Waals surface area contributed by atoms with Crippen LogP contribution in [0.4, 0.5) is 5.82 Å². The Hall–Kier alpha value is -1.17. The largest absolute Gasteiger partial charge is 0.385 e. The summed E-state index contributed by atoms with van der Waals surface area (Å²) in [6.45, 7) is 2.60. The molecule has 0 radical (unpaired) electrons. The first-order valence-corrected chi connectivity index (χ1v) is 6.50. The number of nitrogens with two attached hydrogens (primary N) is 1. The van der Waals surface area contributed by atoms with Crippen LogP contribution in [0, 0.1) is 0 Å². The Morgan fingerprint density at radius 1 is 1.56 bits per heavy atom. The topological polar surface area (TPSA) is 71.6 Å². The van der Waals surface area contributed by atoms with Crippen molar-refractivity contribution in [3.8, 4) is 0 Å². The average molecular weight is 249 g/mol. The minimum Gasteiger partial charge on any atom is -0.385 e. The molecule has 2 aliphatic heterocycles. The summed E-state index contributed by atoms with van der Waals surface area (Å²) < 4.78 is 5.79. The van der Waals surface area contributed by atoms with E-state index < -0.39 is 6.10 Å². The van der Waals surface area contributed by atoms with Gasteiger partial charge in [-0.05, 0) is 25.5 Å². The molecule has 5 heteroatoms. The lowest BCUT2D eigenvalue weighted by atomic mass is 10.0. The molecule has 0 amide bonds. The van der Waals surface area contributed by atoms with Crippen molar-refractivity contribution in [1.29, 1.82) is 0 Å². The van der Waals surface area contributed by atoms with Gasteiger partial charge in [0.05, 0.1) is 6.61 Å². The minimum absolute atomic E-state index is 0.203. The van der Waals surface area contributed by atoms with E-state index in [0.29, 0.717) is 24.0 Å². The minimum atomic E-state index is -0.694. The average Bonchev–Trinajstić information content (AvgIpc) is 2.85. The molecule has 1 aromatic rings. The molecule has 3 heterocycles. The standard InChI is InChI=1S/C13H19N3O2/c14-13-10(4-1-5-15-13)12(17)11-7-16-6-2-3-9(16)8-18-11/h1,4-5,9,11-12,17H,2-3,6-8H2,(H2,14,15). The fraction of sp³-hybridized carbons (Fsp3) is 0.615. The van der Waals surface area contributed by atoms with Gasteiger partial charge in [-0.2, -0.15) is 0 Å². The van der Waals surface area contributed by atoms with Crippen LogP contribution in [0.1, 0.15) is 24.5 Å². The number of nitrogen functional groups attached to an aromatic ring is 1. The number of morpholine rings is 1. The van der Waals surface area contributed by atoms with Crippen LogP contribution in [0.2, 0.25) is 0 Å². The SMILES string of the molecule is Nc1ncccc1C(O)C1CN2CCCC2CO1. The summed E-state index contributed by atoms with van der Waals surface area (Å²) in [6.07, 6.45) is 3.17. The van der Waals surface area contributed by atoms with Crippen molar-refractivity contribution < 1.29 is 9.84 Å². The normalized spacial score (nSPS) is 30.1. The molecule has 3 atom stereocenters. The van der Waals surface area contributed by atoms with Crippen LogP contribution in [0.5, 0.6) is 0 Å². The number of hydrogen-bond donors (Lipinski definition) is 2. The van der Waals surface area contributed by atoms with Crippen LogP contribution in [0.3, 0.4) is 0 Å². The number of aliphatic hydroxyl groups excluding tert-OH is 1. The highest BCUT2D eigenvalue weighted by molar-refractivity contribution is 5.40. The summed E-state index contributed by atoms with van der Waals surface area (Å²) in [5.74, 6) is 0.386. The van der Waals surface area contributed by atoms with E-state index >= 15 is 0 Å². The maximum absolute atomic E-state index is 10.4. The summed E-state index contributed by atoms with van der Waals surface area (Å²) in [6, 6.07) is 4.14. The number of aliphatic hydroxyl groups is 1. The lowest BCUT2D eigenvalue weighted by Gasteiger charge is -2.37. The van der Waals surface area contributed by atoms with Gasteiger partial charge in [0.25, 0.3) is 0 Å². The highest BCUT2D eigenvalue weighted by Gasteiger charge is 2.36. The predicted molar refractivity (Wildman–Crippen MR) is 67.9 cm³/mol. The van der Waals surface area contributed by atoms with Crippen LogP contribution in [-0.4, -0.2) is 46.8 Å². The molecule has 0 bridgehead atoms. The molecule has 3 N–H and O–H groups in total. The van der Waals surface area contributed by atoms with Gasteiger partial charge in [-0.25, -0.2) is 4.98 Å². The summed E-state index contributed by atoms with van der Waals surface area (Å²) in [4.78, 5) is 6.42. The Morgan fingerprint density at radius 3 is 3.28 bits per heavy atom. The number of fused-ring (bicyclic) bond motifs is 1. The molecule has 0 aliphatic carbocycles. The molecule has 18 heavy (non-hydrogen) atoms. The predicted octanol–water partition coefficient (Wildman–Crippen LogP) is 0.560. The molecular formula is C13H19N3O2. The van der Waals surface area contributed by atoms with E-state index in [4.69, 9.17) is 10.5 Å². The number of pyridine rings is 1. The molecule has 3 unspecified atom stereocenters. The lowest BCUT2D eigenvalue weighted by Crippen LogP contribution is -2.48. The number of ether oxygens (including phenoxy) is 1. The zero-order chi connectivity index (χ0) is 12.5. The molecule has 1 aromatic heterocycles. The molecule has 2 fully saturated rings. The monoisotopic (exact) mass is 249 g/mol. The summed E-state index contributed by atoms with van der Waals surface area (Å²) in [5, 5.41) is 10.4. The quantitative estimate of drug-likeness (QED) is 0.801. The first-order chi connectivity index (χ1) is 8.75. The van der Waals surface area contributed by atoms with Crippen LogP contribution in [0.25, 0.3) is 0 Å². The number of aromatic nitrogens is 1. The second-order valence-electron chi connectivity index (χ2n) is 5.09. The lowest BCUT2D eigenvalue weighted by molar-refractivity contribution is -0.103. The van der Waals surface area contributed by atoms with Crippen molar-refractivity contribution in [2.75, 3.05) is 25.4 Å². The van der Waals surface area contributed by atoms with E-state index in [-0.39, 0.29) is 6.10 Å². The third kappa shape index (κ3) is 2.09. The highest BCUT2D eigenvalue weighted by Crippen LogP contribution is 2.30. The smallest absolute Gasteiger partial charge is 0.129 e. The highest BCUT2D eigenvalue weighted by atomic mass is 16.5. The van der Waals surface area contributed by atoms with Gasteiger partial charge in [-0.15, -0.1) is 0 Å². The Morgan fingerprint density at radius 2 is 2.44 bits per heavy atom. The van der Waals surface area contributed by atoms with E-state index in [2.05, 4.69) is 9.88 Å². The summed E-state index contributed by atoms with van der Waals surface area (Å²) >= 11 is 0. The Balaban J connectivity index is 1.73. The van der Waals surface area contributed by atoms with Crippen LogP contribution in [0.15, 0.2) is 18.3 Å². The van der Waals surface area contributed by atoms with Gasteiger partial charge < -0.3 is 15.6 Å². The molecule has 0 aromatic carbocycles. The third-order valence-electron chi connectivity index (χ3n) is 3.96. The van der Waals surface area contributed by atoms with Crippen molar-refractivity contribution in [3.63, 3.8) is 0 Å². The van der Waals surface area contributed by atoms with Gasteiger partial charge in [0, 0.05) is 24.3 Å². The van der Waals surface area contributed by atoms with E-state index in [0.717, 1.165) is 13.1 Å². The van der Waals surface area contributed by atoms with Gasteiger partial charge >= 0.3 is 0 Å². The van der Waals surface area contributed by atoms with Gasteiger partial charge in [0.1, 0.15) is 18.0 Å².